The molecule has 4 heterocycles. The Bertz CT molecular complexity index is 872. The second-order valence-electron chi connectivity index (χ2n) is 8.21. The number of nitrogens with one attached hydrogen (secondary N) is 2. The predicted octanol–water partition coefficient (Wildman–Crippen LogP) is -7.83. The van der Waals surface area contributed by atoms with E-state index in [2.05, 4.69) is 15.3 Å². The van der Waals surface area contributed by atoms with Crippen molar-refractivity contribution in [3.63, 3.8) is 0 Å². The van der Waals surface area contributed by atoms with Gasteiger partial charge in [0, 0.05) is 19.3 Å². The molecule has 39 heavy (non-hydrogen) atoms. The minimum Gasteiger partial charge on any atom is -1.00 e. The van der Waals surface area contributed by atoms with Gasteiger partial charge < -0.3 is 74.0 Å². The van der Waals surface area contributed by atoms with Crippen LogP contribution in [0.25, 0.3) is 0 Å². The maximum absolute atomic E-state index is 11.5. The second-order valence-corrected chi connectivity index (χ2v) is 8.21. The molecular formula is C21H43ClN6O11. The maximum atomic E-state index is 11.5. The van der Waals surface area contributed by atoms with Crippen LogP contribution in [0.3, 0.4) is 0 Å². The molecule has 1 aromatic rings. The Labute approximate surface area is 232 Å². The van der Waals surface area contributed by atoms with Crippen LogP contribution >= 0.6 is 0 Å². The van der Waals surface area contributed by atoms with E-state index < -0.39 is 61.0 Å². The highest BCUT2D eigenvalue weighted by molar-refractivity contribution is 5.46. The zero-order chi connectivity index (χ0) is 26.8. The zero-order valence-electron chi connectivity index (χ0n) is 19.7. The highest BCUT2D eigenvalue weighted by Crippen LogP contribution is 2.23. The third-order valence-corrected chi connectivity index (χ3v) is 5.58. The van der Waals surface area contributed by atoms with E-state index in [1.54, 1.807) is 0 Å². The quantitative estimate of drug-likeness (QED) is 0.109. The van der Waals surface area contributed by atoms with Gasteiger partial charge in [0.25, 0.3) is 0 Å². The number of hydrogen-bond acceptors (Lipinski definition) is 14. The molecule has 3 saturated heterocycles. The number of halogens is 1. The zero-order valence-corrected chi connectivity index (χ0v) is 20.5. The number of anilines is 1. The number of nitrogens with zero attached hydrogens (tertiary/aromatic N) is 2. The summed E-state index contributed by atoms with van der Waals surface area (Å²) < 4.78 is 16.4. The van der Waals surface area contributed by atoms with Crippen molar-refractivity contribution < 1.29 is 66.6 Å². The van der Waals surface area contributed by atoms with Crippen molar-refractivity contribution in [1.29, 1.82) is 0 Å². The summed E-state index contributed by atoms with van der Waals surface area (Å²) in [6.07, 6.45) is -2.54. The molecule has 0 bridgehead atoms. The number of carbonyl (C=O) groups excluding carboxylic acids is 1. The van der Waals surface area contributed by atoms with E-state index in [1.807, 2.05) is 0 Å². The lowest BCUT2D eigenvalue weighted by Crippen LogP contribution is -3.00. The molecule has 1 amide bonds. The summed E-state index contributed by atoms with van der Waals surface area (Å²) in [5.74, 6) is 0.0125. The van der Waals surface area contributed by atoms with Crippen molar-refractivity contribution in [3.8, 4) is 0 Å². The molecule has 12 N–H and O–H groups in total. The van der Waals surface area contributed by atoms with Crippen molar-refractivity contribution in [2.45, 2.75) is 89.4 Å². The van der Waals surface area contributed by atoms with Crippen LogP contribution in [0.5, 0.6) is 0 Å². The van der Waals surface area contributed by atoms with Crippen LogP contribution in [0, 0.1) is 0 Å². The monoisotopic (exact) mass is 590 g/mol. The number of aromatic amines is 1. The number of aliphatic hydroxyl groups excluding tert-OH is 6. The summed E-state index contributed by atoms with van der Waals surface area (Å²) in [6, 6.07) is 0. The molecule has 9 atom stereocenters. The van der Waals surface area contributed by atoms with Crippen molar-refractivity contribution in [1.82, 2.24) is 15.3 Å². The molecule has 0 aromatic carbocycles. The van der Waals surface area contributed by atoms with E-state index in [4.69, 9.17) is 51.2 Å². The second kappa shape index (κ2) is 19.1. The van der Waals surface area contributed by atoms with Crippen LogP contribution in [0.1, 0.15) is 40.3 Å². The van der Waals surface area contributed by atoms with E-state index in [9.17, 15) is 14.7 Å². The molecule has 0 aliphatic carbocycles. The molecule has 4 rings (SSSR count). The van der Waals surface area contributed by atoms with Gasteiger partial charge in [0.2, 0.25) is 12.7 Å². The van der Waals surface area contributed by atoms with Crippen molar-refractivity contribution in [3.05, 3.63) is 16.8 Å². The van der Waals surface area contributed by atoms with Crippen LogP contribution < -0.4 is 39.4 Å². The SMILES string of the molecule is C.C.N[C@H]1CC(O)[C@@H](CO)O1.Nc1nc[n+]([C@H]2CC(O)[C@@H](CO)O2)c(=O)[nH]1.O=CN[C@H]1CC(O)[C@@H](CO)O1.[Cl-]. The summed E-state index contributed by atoms with van der Waals surface area (Å²) in [6.45, 7) is -0.675. The van der Waals surface area contributed by atoms with E-state index in [1.165, 1.54) is 10.9 Å². The molecular weight excluding hydrogens is 548 g/mol. The fourth-order valence-electron chi connectivity index (χ4n) is 3.64. The van der Waals surface area contributed by atoms with Gasteiger partial charge in [0.1, 0.15) is 30.8 Å². The van der Waals surface area contributed by atoms with Gasteiger partial charge in [-0.15, -0.1) is 0 Å². The summed E-state index contributed by atoms with van der Waals surface area (Å²) in [7, 11) is 0. The Hall–Kier alpha value is -2.03. The Morgan fingerprint density at radius 3 is 1.90 bits per heavy atom. The smallest absolute Gasteiger partial charge is 0.446 e. The number of nitrogen functional groups attached to an aromatic ring is 1. The maximum Gasteiger partial charge on any atom is 0.446 e. The van der Waals surface area contributed by atoms with Gasteiger partial charge in [-0.3, -0.25) is 4.79 Å². The summed E-state index contributed by atoms with van der Waals surface area (Å²) >= 11 is 0. The number of carbonyl (C=O) groups is 1. The highest BCUT2D eigenvalue weighted by atomic mass is 35.5. The van der Waals surface area contributed by atoms with Gasteiger partial charge in [0.15, 0.2) is 6.23 Å². The number of hydrogen-bond donors (Lipinski definition) is 10. The number of H-pyrrole nitrogens is 1. The Morgan fingerprint density at radius 1 is 0.974 bits per heavy atom. The standard InChI is InChI=1S/C8H12N4O4.C6H11NO4.C5H11NO3.2CH4.ClH/c9-7-10-3-12(8(15)11-7)6-1-4(14)5(2-13)16-6;8-2-5-4(10)1-6(11-5)7-3-9;6-5-1-3(8)4(2-7)9-5;;;/h3-6,13-14H,1-2H2,(H2,9,11,15);3-6,8,10H,1-2H2,(H,7,9);3-5,7-8H,1-2,6H2;2*1H4;1H/t2*4?,5-,6-;3?,4-,5-;;;/m111.../s1. The number of amides is 1. The van der Waals surface area contributed by atoms with Gasteiger partial charge in [-0.2, -0.15) is 9.55 Å². The van der Waals surface area contributed by atoms with Crippen LogP contribution in [0.15, 0.2) is 11.1 Å². The van der Waals surface area contributed by atoms with Crippen molar-refractivity contribution in [2.24, 2.45) is 5.73 Å². The normalized spacial score (nSPS) is 32.6. The minimum atomic E-state index is -0.792. The molecule has 1 aromatic heterocycles. The average Bonchev–Trinajstić information content (AvgIpc) is 3.49. The lowest BCUT2D eigenvalue weighted by Gasteiger charge is -2.10. The average molecular weight is 591 g/mol. The molecule has 0 radical (unpaired) electrons. The van der Waals surface area contributed by atoms with E-state index in [0.717, 1.165) is 0 Å². The molecule has 3 aliphatic heterocycles. The summed E-state index contributed by atoms with van der Waals surface area (Å²) in [5.41, 5.74) is 10.1. The number of aromatic nitrogens is 3. The minimum absolute atomic E-state index is 0. The van der Waals surface area contributed by atoms with Crippen molar-refractivity contribution >= 4 is 12.4 Å². The Morgan fingerprint density at radius 2 is 1.49 bits per heavy atom. The highest BCUT2D eigenvalue weighted by Gasteiger charge is 2.37. The third-order valence-electron chi connectivity index (χ3n) is 5.58. The number of rotatable bonds is 6. The number of nitrogens with two attached hydrogens (primary N) is 2. The largest absolute Gasteiger partial charge is 1.00 e. The van der Waals surface area contributed by atoms with Gasteiger partial charge in [-0.05, 0) is 0 Å². The van der Waals surface area contributed by atoms with E-state index >= 15 is 0 Å². The molecule has 17 nitrogen and oxygen atoms in total. The van der Waals surface area contributed by atoms with E-state index in [-0.39, 0.29) is 59.5 Å². The first kappa shape index (κ1) is 39.1. The first-order valence-corrected chi connectivity index (χ1v) is 11.2. The predicted molar refractivity (Wildman–Crippen MR) is 131 cm³/mol. The van der Waals surface area contributed by atoms with Crippen LogP contribution in [-0.2, 0) is 19.0 Å². The fourth-order valence-corrected chi connectivity index (χ4v) is 3.64. The molecule has 230 valence electrons. The first-order valence-electron chi connectivity index (χ1n) is 11.2. The summed E-state index contributed by atoms with van der Waals surface area (Å²) in [4.78, 5) is 27.5. The number of aliphatic hydroxyl groups is 6. The molecule has 0 spiro atoms. The van der Waals surface area contributed by atoms with Crippen molar-refractivity contribution in [2.75, 3.05) is 25.6 Å². The van der Waals surface area contributed by atoms with E-state index in [0.29, 0.717) is 19.3 Å². The molecule has 3 fully saturated rings. The number of ether oxygens (including phenoxy) is 3. The lowest BCUT2D eigenvalue weighted by atomic mass is 10.2. The topological polar surface area (TPSA) is 280 Å². The van der Waals surface area contributed by atoms with Crippen LogP contribution in [-0.4, -0.2) is 116 Å². The van der Waals surface area contributed by atoms with Gasteiger partial charge in [-0.25, -0.2) is 4.79 Å². The molecule has 3 unspecified atom stereocenters. The fraction of sp³-hybridized carbons (Fsp3) is 0.810. The van der Waals surface area contributed by atoms with Gasteiger partial charge >= 0.3 is 11.6 Å². The van der Waals surface area contributed by atoms with Crippen LogP contribution in [0.2, 0.25) is 0 Å². The van der Waals surface area contributed by atoms with Crippen LogP contribution in [0.4, 0.5) is 5.95 Å². The molecule has 3 aliphatic rings. The molecule has 0 saturated carbocycles. The first-order chi connectivity index (χ1) is 17.1. The lowest BCUT2D eigenvalue weighted by molar-refractivity contribution is -0.776. The Kier molecular flexibility index (Phi) is 19.2. The third kappa shape index (κ3) is 11.5. The summed E-state index contributed by atoms with van der Waals surface area (Å²) in [5, 5.41) is 56.0. The van der Waals surface area contributed by atoms with Gasteiger partial charge in [0.05, 0.1) is 38.1 Å². The molecule has 18 heteroatoms. The Balaban J connectivity index is 0. The van der Waals surface area contributed by atoms with Gasteiger partial charge in [-0.1, -0.05) is 19.8 Å².